The van der Waals surface area contributed by atoms with Crippen LogP contribution in [0.2, 0.25) is 0 Å². The van der Waals surface area contributed by atoms with Gasteiger partial charge in [-0.25, -0.2) is 0 Å². The first-order valence-electron chi connectivity index (χ1n) is 8.08. The highest BCUT2D eigenvalue weighted by Crippen LogP contribution is 2.41. The van der Waals surface area contributed by atoms with E-state index in [1.807, 2.05) is 27.7 Å². The SMILES string of the molecule is CCC1(CC)Oc2ccc(C(C)=O)cc2N(CC(C)(C)N)C1=O. The van der Waals surface area contributed by atoms with Gasteiger partial charge < -0.3 is 15.4 Å². The molecule has 1 aliphatic rings. The maximum absolute atomic E-state index is 13.1. The first-order chi connectivity index (χ1) is 10.6. The smallest absolute Gasteiger partial charge is 0.271 e. The molecule has 0 radical (unpaired) electrons. The van der Waals surface area contributed by atoms with Gasteiger partial charge >= 0.3 is 0 Å². The molecule has 1 amide bonds. The van der Waals surface area contributed by atoms with Gasteiger partial charge in [0, 0.05) is 17.6 Å². The summed E-state index contributed by atoms with van der Waals surface area (Å²) in [5, 5.41) is 0. The molecule has 23 heavy (non-hydrogen) atoms. The molecule has 5 heteroatoms. The second-order valence-electron chi connectivity index (χ2n) is 6.92. The van der Waals surface area contributed by atoms with Gasteiger partial charge in [0.2, 0.25) is 0 Å². The van der Waals surface area contributed by atoms with Crippen molar-refractivity contribution in [1.82, 2.24) is 0 Å². The van der Waals surface area contributed by atoms with Gasteiger partial charge in [0.15, 0.2) is 11.4 Å². The van der Waals surface area contributed by atoms with E-state index in [0.717, 1.165) is 0 Å². The quantitative estimate of drug-likeness (QED) is 0.847. The number of hydrogen-bond donors (Lipinski definition) is 1. The van der Waals surface area contributed by atoms with Crippen LogP contribution in [0.15, 0.2) is 18.2 Å². The molecule has 2 rings (SSSR count). The number of anilines is 1. The molecule has 1 aromatic rings. The number of nitrogens with two attached hydrogens (primary N) is 1. The summed E-state index contributed by atoms with van der Waals surface area (Å²) in [4.78, 5) is 26.4. The lowest BCUT2D eigenvalue weighted by Gasteiger charge is -2.43. The normalized spacial score (nSPS) is 16.8. The lowest BCUT2D eigenvalue weighted by molar-refractivity contribution is -0.136. The fourth-order valence-electron chi connectivity index (χ4n) is 2.90. The largest absolute Gasteiger partial charge is 0.475 e. The van der Waals surface area contributed by atoms with E-state index < -0.39 is 11.1 Å². The van der Waals surface area contributed by atoms with Crippen molar-refractivity contribution in [2.24, 2.45) is 5.73 Å². The minimum atomic E-state index is -0.865. The van der Waals surface area contributed by atoms with Crippen LogP contribution in [0.4, 0.5) is 5.69 Å². The Kier molecular flexibility index (Phi) is 4.53. The fourth-order valence-corrected chi connectivity index (χ4v) is 2.90. The lowest BCUT2D eigenvalue weighted by atomic mass is 9.91. The average molecular weight is 318 g/mol. The van der Waals surface area contributed by atoms with Crippen molar-refractivity contribution in [3.8, 4) is 5.75 Å². The van der Waals surface area contributed by atoms with Crippen molar-refractivity contribution in [3.05, 3.63) is 23.8 Å². The number of carbonyl (C=O) groups is 2. The predicted octanol–water partition coefficient (Wildman–Crippen LogP) is 2.91. The average Bonchev–Trinajstić information content (AvgIpc) is 2.48. The van der Waals surface area contributed by atoms with Gasteiger partial charge in [0.1, 0.15) is 5.75 Å². The minimum absolute atomic E-state index is 0.0463. The predicted molar refractivity (Wildman–Crippen MR) is 91.0 cm³/mol. The first kappa shape index (κ1) is 17.5. The van der Waals surface area contributed by atoms with Crippen molar-refractivity contribution < 1.29 is 14.3 Å². The number of benzene rings is 1. The number of fused-ring (bicyclic) bond motifs is 1. The number of Topliss-reactive ketones (excluding diaryl/α,β-unsaturated/α-hetero) is 1. The molecule has 126 valence electrons. The Hall–Kier alpha value is -1.88. The van der Waals surface area contributed by atoms with Gasteiger partial charge in [-0.05, 0) is 51.8 Å². The molecule has 1 heterocycles. The van der Waals surface area contributed by atoms with Crippen LogP contribution < -0.4 is 15.4 Å². The van der Waals surface area contributed by atoms with E-state index in [-0.39, 0.29) is 11.7 Å². The number of nitrogens with zero attached hydrogens (tertiary/aromatic N) is 1. The number of ketones is 1. The summed E-state index contributed by atoms with van der Waals surface area (Å²) in [5.41, 5.74) is 5.92. The van der Waals surface area contributed by atoms with Crippen molar-refractivity contribution in [1.29, 1.82) is 0 Å². The zero-order valence-electron chi connectivity index (χ0n) is 14.6. The van der Waals surface area contributed by atoms with E-state index in [9.17, 15) is 9.59 Å². The van der Waals surface area contributed by atoms with Crippen molar-refractivity contribution in [2.75, 3.05) is 11.4 Å². The number of ether oxygens (including phenoxy) is 1. The zero-order valence-corrected chi connectivity index (χ0v) is 14.6. The van der Waals surface area contributed by atoms with Crippen LogP contribution in [-0.2, 0) is 4.79 Å². The van der Waals surface area contributed by atoms with E-state index in [1.165, 1.54) is 6.92 Å². The van der Waals surface area contributed by atoms with Crippen LogP contribution in [0.3, 0.4) is 0 Å². The number of amides is 1. The molecule has 0 fully saturated rings. The van der Waals surface area contributed by atoms with Gasteiger partial charge in [0.25, 0.3) is 5.91 Å². The molecular formula is C18H26N2O3. The lowest BCUT2D eigenvalue weighted by Crippen LogP contribution is -2.59. The van der Waals surface area contributed by atoms with Gasteiger partial charge in [-0.1, -0.05) is 13.8 Å². The highest BCUT2D eigenvalue weighted by Gasteiger charge is 2.46. The van der Waals surface area contributed by atoms with E-state index in [2.05, 4.69) is 0 Å². The summed E-state index contributed by atoms with van der Waals surface area (Å²) in [6.07, 6.45) is 1.16. The van der Waals surface area contributed by atoms with E-state index >= 15 is 0 Å². The molecular weight excluding hydrogens is 292 g/mol. The maximum atomic E-state index is 13.1. The highest BCUT2D eigenvalue weighted by molar-refractivity contribution is 6.04. The highest BCUT2D eigenvalue weighted by atomic mass is 16.5. The Morgan fingerprint density at radius 3 is 2.39 bits per heavy atom. The van der Waals surface area contributed by atoms with Crippen molar-refractivity contribution >= 4 is 17.4 Å². The summed E-state index contributed by atoms with van der Waals surface area (Å²) >= 11 is 0. The molecule has 0 atom stereocenters. The second kappa shape index (κ2) is 5.96. The van der Waals surface area contributed by atoms with E-state index in [1.54, 1.807) is 23.1 Å². The zero-order chi connectivity index (χ0) is 17.4. The van der Waals surface area contributed by atoms with Crippen LogP contribution in [0, 0.1) is 0 Å². The molecule has 1 aliphatic heterocycles. The van der Waals surface area contributed by atoms with Crippen LogP contribution in [0.5, 0.6) is 5.75 Å². The summed E-state index contributed by atoms with van der Waals surface area (Å²) < 4.78 is 6.07. The molecule has 0 saturated carbocycles. The molecule has 2 N–H and O–H groups in total. The van der Waals surface area contributed by atoms with Crippen molar-refractivity contribution in [2.45, 2.75) is 58.6 Å². The molecule has 1 aromatic carbocycles. The summed E-state index contributed by atoms with van der Waals surface area (Å²) in [5.74, 6) is 0.492. The van der Waals surface area contributed by atoms with Crippen LogP contribution in [0.25, 0.3) is 0 Å². The van der Waals surface area contributed by atoms with Crippen LogP contribution in [-0.4, -0.2) is 29.4 Å². The topological polar surface area (TPSA) is 72.6 Å². The second-order valence-corrected chi connectivity index (χ2v) is 6.92. The first-order valence-corrected chi connectivity index (χ1v) is 8.08. The maximum Gasteiger partial charge on any atom is 0.271 e. The Morgan fingerprint density at radius 1 is 1.30 bits per heavy atom. The third-order valence-corrected chi connectivity index (χ3v) is 4.30. The van der Waals surface area contributed by atoms with Gasteiger partial charge in [-0.2, -0.15) is 0 Å². The van der Waals surface area contributed by atoms with Gasteiger partial charge in [-0.3, -0.25) is 9.59 Å². The molecule has 0 saturated heterocycles. The fraction of sp³-hybridized carbons (Fsp3) is 0.556. The van der Waals surface area contributed by atoms with Gasteiger partial charge in [-0.15, -0.1) is 0 Å². The van der Waals surface area contributed by atoms with Crippen molar-refractivity contribution in [3.63, 3.8) is 0 Å². The monoisotopic (exact) mass is 318 g/mol. The molecule has 0 spiro atoms. The number of carbonyl (C=O) groups excluding carboxylic acids is 2. The van der Waals surface area contributed by atoms with Gasteiger partial charge in [0.05, 0.1) is 5.69 Å². The summed E-state index contributed by atoms with van der Waals surface area (Å²) in [6.45, 7) is 9.52. The standard InChI is InChI=1S/C18H26N2O3/c1-6-18(7-2)16(22)20(11-17(4,5)19)14-10-13(12(3)21)8-9-15(14)23-18/h8-10H,6-7,11,19H2,1-5H3. The van der Waals surface area contributed by atoms with Crippen LogP contribution >= 0.6 is 0 Å². The third-order valence-electron chi connectivity index (χ3n) is 4.30. The van der Waals surface area contributed by atoms with E-state index in [4.69, 9.17) is 10.5 Å². The number of rotatable bonds is 5. The molecule has 0 unspecified atom stereocenters. The third kappa shape index (κ3) is 3.24. The molecule has 0 aliphatic carbocycles. The Bertz CT molecular complexity index is 628. The Morgan fingerprint density at radius 2 is 1.91 bits per heavy atom. The van der Waals surface area contributed by atoms with Crippen LogP contribution in [0.1, 0.15) is 57.8 Å². The Balaban J connectivity index is 2.59. The molecule has 5 nitrogen and oxygen atoms in total. The van der Waals surface area contributed by atoms with E-state index in [0.29, 0.717) is 36.4 Å². The number of hydrogen-bond acceptors (Lipinski definition) is 4. The minimum Gasteiger partial charge on any atom is -0.475 e. The molecule has 0 aromatic heterocycles. The molecule has 0 bridgehead atoms. The summed E-state index contributed by atoms with van der Waals surface area (Å²) in [7, 11) is 0. The Labute approximate surface area is 137 Å². The summed E-state index contributed by atoms with van der Waals surface area (Å²) in [6, 6.07) is 5.23.